The number of guanidine groups is 1. The minimum absolute atomic E-state index is 0.133. The number of benzene rings is 1. The van der Waals surface area contributed by atoms with E-state index in [1.54, 1.807) is 0 Å². The predicted octanol–water partition coefficient (Wildman–Crippen LogP) is -0.344. The number of hydrogen-bond acceptors (Lipinski definition) is 3. The molecule has 74 valence electrons. The lowest BCUT2D eigenvalue weighted by molar-refractivity contribution is 0.357. The van der Waals surface area contributed by atoms with E-state index in [4.69, 9.17) is 16.6 Å². The molecule has 0 fully saturated rings. The molecular weight excluding hydrogens is 180 g/mol. The van der Waals surface area contributed by atoms with Gasteiger partial charge in [0.25, 0.3) is 0 Å². The molecule has 5 heteroatoms. The number of aliphatic hydroxyl groups is 1. The van der Waals surface area contributed by atoms with Crippen molar-refractivity contribution >= 4 is 11.7 Å². The summed E-state index contributed by atoms with van der Waals surface area (Å²) in [7, 11) is 0. The normalized spacial score (nSPS) is 11.1. The molecule has 1 aromatic rings. The molecule has 14 heavy (non-hydrogen) atoms. The van der Waals surface area contributed by atoms with Crippen LogP contribution in [0.4, 0.5) is 0 Å². The lowest BCUT2D eigenvalue weighted by Crippen LogP contribution is -2.22. The molecule has 0 heterocycles. The van der Waals surface area contributed by atoms with Gasteiger partial charge in [-0.3, -0.25) is 0 Å². The fourth-order valence-electron chi connectivity index (χ4n) is 0.929. The van der Waals surface area contributed by atoms with Gasteiger partial charge in [-0.25, -0.2) is 0 Å². The van der Waals surface area contributed by atoms with Gasteiger partial charge < -0.3 is 16.6 Å². The van der Waals surface area contributed by atoms with Gasteiger partial charge in [-0.2, -0.15) is 0 Å². The standard InChI is InChI=1S/C9H12N4O/c10-9(11)13-12-8(6-14)7-4-2-1-3-5-7/h1-5,14H,6H2,(H4,10,11,13)/b12-8-. The largest absolute Gasteiger partial charge is 0.390 e. The Balaban J connectivity index is 2.93. The topological polar surface area (TPSA) is 97.0 Å². The van der Waals surface area contributed by atoms with Crippen LogP contribution < -0.4 is 11.5 Å². The quantitative estimate of drug-likeness (QED) is 0.347. The van der Waals surface area contributed by atoms with Gasteiger partial charge in [0, 0.05) is 5.56 Å². The monoisotopic (exact) mass is 192 g/mol. The van der Waals surface area contributed by atoms with Gasteiger partial charge in [0.2, 0.25) is 5.96 Å². The average molecular weight is 192 g/mol. The smallest absolute Gasteiger partial charge is 0.211 e. The number of hydrogen-bond donors (Lipinski definition) is 3. The Morgan fingerprint density at radius 2 is 1.79 bits per heavy atom. The highest BCUT2D eigenvalue weighted by Crippen LogP contribution is 2.00. The predicted molar refractivity (Wildman–Crippen MR) is 55.9 cm³/mol. The number of nitrogens with zero attached hydrogens (tertiary/aromatic N) is 2. The first-order valence-corrected chi connectivity index (χ1v) is 4.06. The zero-order valence-corrected chi connectivity index (χ0v) is 7.59. The Kier molecular flexibility index (Phi) is 3.63. The summed E-state index contributed by atoms with van der Waals surface area (Å²) in [6, 6.07) is 9.19. The molecular formula is C9H12N4O. The molecule has 0 aliphatic rings. The lowest BCUT2D eigenvalue weighted by atomic mass is 10.1. The number of rotatable bonds is 3. The molecule has 1 aromatic carbocycles. The molecule has 0 saturated heterocycles. The van der Waals surface area contributed by atoms with Crippen molar-refractivity contribution in [2.45, 2.75) is 0 Å². The zero-order chi connectivity index (χ0) is 10.4. The molecule has 0 radical (unpaired) electrons. The maximum Gasteiger partial charge on any atom is 0.211 e. The highest BCUT2D eigenvalue weighted by molar-refractivity contribution is 6.01. The fraction of sp³-hybridized carbons (Fsp3) is 0.111. The van der Waals surface area contributed by atoms with E-state index >= 15 is 0 Å². The van der Waals surface area contributed by atoms with E-state index in [1.165, 1.54) is 0 Å². The molecule has 0 spiro atoms. The SMILES string of the molecule is NC(N)=N/N=C(/CO)c1ccccc1. The Morgan fingerprint density at radius 3 is 2.29 bits per heavy atom. The average Bonchev–Trinajstić information content (AvgIpc) is 2.20. The molecule has 1 rings (SSSR count). The minimum atomic E-state index is -0.208. The fourth-order valence-corrected chi connectivity index (χ4v) is 0.929. The van der Waals surface area contributed by atoms with Crippen LogP contribution in [0.5, 0.6) is 0 Å². The highest BCUT2D eigenvalue weighted by Gasteiger charge is 1.99. The molecule has 5 nitrogen and oxygen atoms in total. The summed E-state index contributed by atoms with van der Waals surface area (Å²) in [5.41, 5.74) is 11.4. The molecule has 0 amide bonds. The first kappa shape index (κ1) is 10.2. The van der Waals surface area contributed by atoms with Crippen LogP contribution in [-0.2, 0) is 0 Å². The summed E-state index contributed by atoms with van der Waals surface area (Å²) in [6.07, 6.45) is 0. The molecule has 0 bridgehead atoms. The van der Waals surface area contributed by atoms with Gasteiger partial charge in [0.05, 0.1) is 12.3 Å². The van der Waals surface area contributed by atoms with E-state index in [2.05, 4.69) is 10.2 Å². The molecule has 0 atom stereocenters. The maximum atomic E-state index is 9.01. The number of nitrogens with two attached hydrogens (primary N) is 2. The molecule has 0 saturated carbocycles. The Labute approximate surface area is 81.8 Å². The van der Waals surface area contributed by atoms with Crippen molar-refractivity contribution in [2.75, 3.05) is 6.61 Å². The third-order valence-corrected chi connectivity index (χ3v) is 1.54. The lowest BCUT2D eigenvalue weighted by Gasteiger charge is -1.99. The summed E-state index contributed by atoms with van der Waals surface area (Å²) >= 11 is 0. The third kappa shape index (κ3) is 2.87. The van der Waals surface area contributed by atoms with Gasteiger partial charge in [-0.15, -0.1) is 10.2 Å². The van der Waals surface area contributed by atoms with Crippen LogP contribution in [0.25, 0.3) is 0 Å². The first-order chi connectivity index (χ1) is 6.74. The van der Waals surface area contributed by atoms with Crippen molar-refractivity contribution in [3.05, 3.63) is 35.9 Å². The van der Waals surface area contributed by atoms with Gasteiger partial charge in [-0.1, -0.05) is 30.3 Å². The van der Waals surface area contributed by atoms with E-state index < -0.39 is 0 Å². The Hall–Kier alpha value is -1.88. The van der Waals surface area contributed by atoms with Crippen LogP contribution in [0, 0.1) is 0 Å². The van der Waals surface area contributed by atoms with Gasteiger partial charge in [0.1, 0.15) is 0 Å². The van der Waals surface area contributed by atoms with Crippen molar-refractivity contribution in [2.24, 2.45) is 21.7 Å². The van der Waals surface area contributed by atoms with Gasteiger partial charge in [0.15, 0.2) is 0 Å². The van der Waals surface area contributed by atoms with Crippen LogP contribution in [0.2, 0.25) is 0 Å². The van der Waals surface area contributed by atoms with Crippen molar-refractivity contribution in [3.63, 3.8) is 0 Å². The zero-order valence-electron chi connectivity index (χ0n) is 7.59. The van der Waals surface area contributed by atoms with E-state index in [-0.39, 0.29) is 12.6 Å². The third-order valence-electron chi connectivity index (χ3n) is 1.54. The summed E-state index contributed by atoms with van der Waals surface area (Å²) in [5.74, 6) is -0.133. The van der Waals surface area contributed by atoms with Crippen molar-refractivity contribution < 1.29 is 5.11 Å². The Morgan fingerprint density at radius 1 is 1.14 bits per heavy atom. The second-order valence-electron chi connectivity index (χ2n) is 2.60. The van der Waals surface area contributed by atoms with Crippen molar-refractivity contribution in [3.8, 4) is 0 Å². The second kappa shape index (κ2) is 4.98. The Bertz CT molecular complexity index is 341. The number of aliphatic hydroxyl groups excluding tert-OH is 1. The summed E-state index contributed by atoms with van der Waals surface area (Å²) in [4.78, 5) is 0. The second-order valence-corrected chi connectivity index (χ2v) is 2.60. The molecule has 0 aliphatic heterocycles. The molecule has 5 N–H and O–H groups in total. The van der Waals surface area contributed by atoms with Crippen LogP contribution in [0.15, 0.2) is 40.5 Å². The van der Waals surface area contributed by atoms with Crippen LogP contribution in [0.1, 0.15) is 5.56 Å². The summed E-state index contributed by atoms with van der Waals surface area (Å²) < 4.78 is 0. The van der Waals surface area contributed by atoms with Gasteiger partial charge >= 0.3 is 0 Å². The molecule has 0 aromatic heterocycles. The van der Waals surface area contributed by atoms with Crippen molar-refractivity contribution in [1.29, 1.82) is 0 Å². The van der Waals surface area contributed by atoms with Gasteiger partial charge in [-0.05, 0) is 0 Å². The maximum absolute atomic E-state index is 9.01. The van der Waals surface area contributed by atoms with Crippen LogP contribution in [-0.4, -0.2) is 23.4 Å². The molecule has 0 aliphatic carbocycles. The molecule has 0 unspecified atom stereocenters. The summed E-state index contributed by atoms with van der Waals surface area (Å²) in [5, 5.41) is 16.2. The van der Waals surface area contributed by atoms with E-state index in [9.17, 15) is 0 Å². The van der Waals surface area contributed by atoms with E-state index in [1.807, 2.05) is 30.3 Å². The first-order valence-electron chi connectivity index (χ1n) is 4.06. The van der Waals surface area contributed by atoms with Crippen molar-refractivity contribution in [1.82, 2.24) is 0 Å². The van der Waals surface area contributed by atoms with E-state index in [0.717, 1.165) is 5.56 Å². The summed E-state index contributed by atoms with van der Waals surface area (Å²) in [6.45, 7) is -0.208. The van der Waals surface area contributed by atoms with Crippen LogP contribution in [0.3, 0.4) is 0 Å². The van der Waals surface area contributed by atoms with E-state index in [0.29, 0.717) is 5.71 Å². The van der Waals surface area contributed by atoms with Crippen LogP contribution >= 0.6 is 0 Å². The minimum Gasteiger partial charge on any atom is -0.390 e. The highest BCUT2D eigenvalue weighted by atomic mass is 16.3.